The van der Waals surface area contributed by atoms with Crippen molar-refractivity contribution >= 4 is 17.6 Å². The number of halogens is 5. The third kappa shape index (κ3) is 4.53. The van der Waals surface area contributed by atoms with Gasteiger partial charge in [0.25, 0.3) is 5.91 Å². The van der Waals surface area contributed by atoms with E-state index < -0.39 is 52.3 Å². The Morgan fingerprint density at radius 2 is 1.68 bits per heavy atom. The molecule has 1 N–H and O–H groups in total. The van der Waals surface area contributed by atoms with Gasteiger partial charge in [0.2, 0.25) is 5.67 Å². The molecule has 5 nitrogen and oxygen atoms in total. The average molecular weight is 565 g/mol. The molecule has 40 heavy (non-hydrogen) atoms. The number of likely N-dealkylation sites (tertiary alicyclic amines) is 1. The number of aliphatic carboxylic acids is 1. The maximum Gasteiger partial charge on any atom is 0.426 e. The number of benzene rings is 2. The van der Waals surface area contributed by atoms with E-state index in [0.717, 1.165) is 5.56 Å². The minimum Gasteiger partial charge on any atom is -0.481 e. The molecule has 3 unspecified atom stereocenters. The third-order valence-electron chi connectivity index (χ3n) is 9.41. The lowest BCUT2D eigenvalue weighted by Gasteiger charge is -2.48. The van der Waals surface area contributed by atoms with E-state index >= 15 is 4.39 Å². The highest BCUT2D eigenvalue weighted by atomic mass is 19.4. The normalized spacial score (nSPS) is 29.9. The quantitative estimate of drug-likeness (QED) is 0.457. The lowest BCUT2D eigenvalue weighted by atomic mass is 9.66. The summed E-state index contributed by atoms with van der Waals surface area (Å²) in [5.74, 6) is -2.32. The number of carboxylic acids is 1. The van der Waals surface area contributed by atoms with Gasteiger partial charge in [-0.3, -0.25) is 9.59 Å². The minimum atomic E-state index is -5.09. The zero-order chi connectivity index (χ0) is 29.1. The Labute approximate surface area is 230 Å². The van der Waals surface area contributed by atoms with Gasteiger partial charge in [0, 0.05) is 36.8 Å². The molecule has 1 amide bonds. The molecule has 2 aromatic rings. The van der Waals surface area contributed by atoms with Crippen LogP contribution in [0.15, 0.2) is 48.5 Å². The van der Waals surface area contributed by atoms with Crippen molar-refractivity contribution in [2.75, 3.05) is 25.0 Å². The number of fused-ring (bicyclic) bond motifs is 3. The molecule has 0 radical (unpaired) electrons. The van der Waals surface area contributed by atoms with Gasteiger partial charge in [-0.1, -0.05) is 42.5 Å². The highest BCUT2D eigenvalue weighted by Gasteiger charge is 2.58. The van der Waals surface area contributed by atoms with Crippen LogP contribution in [0.25, 0.3) is 0 Å². The first-order chi connectivity index (χ1) is 18.7. The van der Waals surface area contributed by atoms with Crippen molar-refractivity contribution in [1.29, 1.82) is 0 Å². The second-order valence-corrected chi connectivity index (χ2v) is 11.8. The minimum absolute atomic E-state index is 0.0813. The number of carbonyl (C=O) groups excluding carboxylic acids is 1. The monoisotopic (exact) mass is 564 g/mol. The van der Waals surface area contributed by atoms with Gasteiger partial charge in [-0.05, 0) is 62.6 Å². The zero-order valence-electron chi connectivity index (χ0n) is 22.5. The van der Waals surface area contributed by atoms with Crippen LogP contribution < -0.4 is 4.90 Å². The fourth-order valence-electron chi connectivity index (χ4n) is 6.91. The molecule has 1 saturated heterocycles. The van der Waals surface area contributed by atoms with E-state index in [1.165, 1.54) is 18.2 Å². The second kappa shape index (κ2) is 9.73. The Hall–Kier alpha value is -3.17. The smallest absolute Gasteiger partial charge is 0.426 e. The largest absolute Gasteiger partial charge is 0.481 e. The predicted molar refractivity (Wildman–Crippen MR) is 140 cm³/mol. The van der Waals surface area contributed by atoms with Crippen LogP contribution in [0.4, 0.5) is 27.6 Å². The van der Waals surface area contributed by atoms with Crippen molar-refractivity contribution in [3.8, 4) is 0 Å². The topological polar surface area (TPSA) is 60.9 Å². The molecule has 2 aliphatic heterocycles. The molecule has 5 rings (SSSR count). The third-order valence-corrected chi connectivity index (χ3v) is 9.41. The van der Waals surface area contributed by atoms with Crippen molar-refractivity contribution in [1.82, 2.24) is 4.90 Å². The van der Waals surface area contributed by atoms with Gasteiger partial charge in [-0.15, -0.1) is 0 Å². The highest BCUT2D eigenvalue weighted by Crippen LogP contribution is 2.53. The summed E-state index contributed by atoms with van der Waals surface area (Å²) in [5.41, 5.74) is -4.80. The Morgan fingerprint density at radius 3 is 2.27 bits per heavy atom. The van der Waals surface area contributed by atoms with Crippen molar-refractivity contribution < 1.29 is 36.6 Å². The standard InChI is InChI=1S/C30H33F5N2O3/c1-27(31,30(33,34)35)21-8-9-22-23(16-21)36(2)18-24-28(22,17-19-6-4-3-5-7-19)14-15-37(24)26(40)29(32)12-10-20(11-13-29)25(38)39/h3-9,16,20,24H,10-15,17-18H2,1-2H3,(H,38,39)/t20-,24?,27?,28?,29+. The molecule has 0 aromatic heterocycles. The van der Waals surface area contributed by atoms with E-state index in [9.17, 15) is 32.3 Å². The van der Waals surface area contributed by atoms with Gasteiger partial charge in [0.15, 0.2) is 5.67 Å². The molecule has 2 aromatic carbocycles. The lowest BCUT2D eigenvalue weighted by molar-refractivity contribution is -0.228. The van der Waals surface area contributed by atoms with Gasteiger partial charge in [-0.2, -0.15) is 13.2 Å². The Bertz CT molecular complexity index is 1290. The first-order valence-corrected chi connectivity index (χ1v) is 13.6. The Morgan fingerprint density at radius 1 is 1.02 bits per heavy atom. The van der Waals surface area contributed by atoms with Crippen molar-refractivity contribution in [2.24, 2.45) is 5.92 Å². The van der Waals surface area contributed by atoms with Gasteiger partial charge in [0.05, 0.1) is 12.0 Å². The number of amides is 1. The highest BCUT2D eigenvalue weighted by molar-refractivity contribution is 5.87. The van der Waals surface area contributed by atoms with E-state index in [0.29, 0.717) is 31.0 Å². The Balaban J connectivity index is 1.55. The summed E-state index contributed by atoms with van der Waals surface area (Å²) in [6.07, 6.45) is -4.34. The van der Waals surface area contributed by atoms with Crippen LogP contribution in [0, 0.1) is 5.92 Å². The SMILES string of the molecule is CN1CC2N(C(=O)[C@]3(F)CC[C@@H](C(=O)O)CC3)CCC2(Cc2ccccc2)c2ccc(C(C)(F)C(F)(F)F)cc21. The molecule has 10 heteroatoms. The summed E-state index contributed by atoms with van der Waals surface area (Å²) in [4.78, 5) is 28.4. The van der Waals surface area contributed by atoms with E-state index in [2.05, 4.69) is 0 Å². The molecule has 0 spiro atoms. The zero-order valence-corrected chi connectivity index (χ0v) is 22.5. The number of hydrogen-bond acceptors (Lipinski definition) is 3. The molecule has 3 aliphatic rings. The van der Waals surface area contributed by atoms with Crippen LogP contribution in [-0.2, 0) is 27.1 Å². The number of rotatable bonds is 5. The molecule has 3 atom stereocenters. The molecule has 2 fully saturated rings. The molecule has 216 valence electrons. The van der Waals surface area contributed by atoms with E-state index in [4.69, 9.17) is 0 Å². The maximum absolute atomic E-state index is 16.1. The number of hydrogen-bond donors (Lipinski definition) is 1. The second-order valence-electron chi connectivity index (χ2n) is 11.8. The first-order valence-electron chi connectivity index (χ1n) is 13.6. The van der Waals surface area contributed by atoms with Crippen LogP contribution in [-0.4, -0.2) is 59.9 Å². The molecule has 1 saturated carbocycles. The molecule has 0 bridgehead atoms. The lowest BCUT2D eigenvalue weighted by Crippen LogP contribution is -2.59. The van der Waals surface area contributed by atoms with Crippen molar-refractivity contribution in [2.45, 2.75) is 74.4 Å². The van der Waals surface area contributed by atoms with Gasteiger partial charge < -0.3 is 14.9 Å². The molecule has 1 aliphatic carbocycles. The van der Waals surface area contributed by atoms with Crippen LogP contribution in [0.3, 0.4) is 0 Å². The molecular weight excluding hydrogens is 531 g/mol. The average Bonchev–Trinajstić information content (AvgIpc) is 3.27. The maximum atomic E-state index is 16.1. The summed E-state index contributed by atoms with van der Waals surface area (Å²) >= 11 is 0. The predicted octanol–water partition coefficient (Wildman–Crippen LogP) is 5.95. The van der Waals surface area contributed by atoms with Crippen LogP contribution >= 0.6 is 0 Å². The van der Waals surface area contributed by atoms with E-state index in [1.807, 2.05) is 30.3 Å². The number of anilines is 1. The number of alkyl halides is 5. The van der Waals surface area contributed by atoms with Gasteiger partial charge >= 0.3 is 12.1 Å². The van der Waals surface area contributed by atoms with E-state index in [1.54, 1.807) is 16.8 Å². The summed E-state index contributed by atoms with van der Waals surface area (Å²) in [6, 6.07) is 13.0. The summed E-state index contributed by atoms with van der Waals surface area (Å²) in [7, 11) is 1.68. The number of carboxylic acid groups (broad SMARTS) is 1. The molecule has 2 heterocycles. The van der Waals surface area contributed by atoms with Crippen LogP contribution in [0.5, 0.6) is 0 Å². The number of nitrogens with zero attached hydrogens (tertiary/aromatic N) is 2. The van der Waals surface area contributed by atoms with Gasteiger partial charge in [-0.25, -0.2) is 8.78 Å². The first kappa shape index (κ1) is 28.4. The van der Waals surface area contributed by atoms with Crippen LogP contribution in [0.1, 0.15) is 55.7 Å². The van der Waals surface area contributed by atoms with Crippen molar-refractivity contribution in [3.63, 3.8) is 0 Å². The van der Waals surface area contributed by atoms with Crippen molar-refractivity contribution in [3.05, 3.63) is 65.2 Å². The summed E-state index contributed by atoms with van der Waals surface area (Å²) in [6.45, 7) is 0.997. The summed E-state index contributed by atoms with van der Waals surface area (Å²) < 4.78 is 71.7. The van der Waals surface area contributed by atoms with Crippen LogP contribution in [0.2, 0.25) is 0 Å². The summed E-state index contributed by atoms with van der Waals surface area (Å²) in [5, 5.41) is 9.31. The van der Waals surface area contributed by atoms with E-state index in [-0.39, 0.29) is 38.8 Å². The fraction of sp³-hybridized carbons (Fsp3) is 0.533. The Kier molecular flexibility index (Phi) is 6.90. The fourth-order valence-corrected chi connectivity index (χ4v) is 6.91. The molecular formula is C30H33F5N2O3. The number of likely N-dealkylation sites (N-methyl/N-ethyl adjacent to an activating group) is 1. The van der Waals surface area contributed by atoms with Gasteiger partial charge in [0.1, 0.15) is 0 Å². The number of carbonyl (C=O) groups is 2.